The van der Waals surface area contributed by atoms with Gasteiger partial charge in [0.05, 0.1) is 0 Å². The van der Waals surface area contributed by atoms with E-state index in [1.807, 2.05) is 0 Å². The van der Waals surface area contributed by atoms with Crippen molar-refractivity contribution in [2.75, 3.05) is 32.7 Å². The Balaban J connectivity index is 1.39. The van der Waals surface area contributed by atoms with Gasteiger partial charge in [0.2, 0.25) is 5.91 Å². The van der Waals surface area contributed by atoms with Gasteiger partial charge in [0.15, 0.2) is 5.96 Å². The second-order valence-corrected chi connectivity index (χ2v) is 7.53. The molecule has 0 radical (unpaired) electrons. The summed E-state index contributed by atoms with van der Waals surface area (Å²) in [6, 6.07) is 0. The number of amides is 1. The highest BCUT2D eigenvalue weighted by Crippen LogP contribution is 2.47. The monoisotopic (exact) mass is 320 g/mol. The molecule has 1 amide bonds. The van der Waals surface area contributed by atoms with Crippen molar-refractivity contribution in [1.82, 2.24) is 15.5 Å². The third-order valence-electron chi connectivity index (χ3n) is 5.86. The van der Waals surface area contributed by atoms with Crippen molar-refractivity contribution in [3.8, 4) is 0 Å². The number of aliphatic imine (C=N–C) groups is 1. The van der Waals surface area contributed by atoms with Crippen LogP contribution >= 0.6 is 0 Å². The molecule has 0 aromatic rings. The van der Waals surface area contributed by atoms with Crippen LogP contribution in [-0.4, -0.2) is 49.5 Å². The maximum atomic E-state index is 11.8. The van der Waals surface area contributed by atoms with E-state index < -0.39 is 0 Å². The highest BCUT2D eigenvalue weighted by molar-refractivity contribution is 5.80. The maximum absolute atomic E-state index is 11.8. The molecular formula is C18H32N4O. The molecule has 0 atom stereocenters. The van der Waals surface area contributed by atoms with Gasteiger partial charge in [-0.2, -0.15) is 0 Å². The molecule has 1 spiro atoms. The summed E-state index contributed by atoms with van der Waals surface area (Å²) in [6.07, 6.45) is 9.82. The van der Waals surface area contributed by atoms with Crippen LogP contribution in [0.5, 0.6) is 0 Å². The Morgan fingerprint density at radius 3 is 2.61 bits per heavy atom. The fraction of sp³-hybridized carbons (Fsp3) is 0.889. The quantitative estimate of drug-likeness (QED) is 0.448. The minimum atomic E-state index is 0.249. The van der Waals surface area contributed by atoms with E-state index in [2.05, 4.69) is 22.5 Å². The number of nitrogens with zero attached hydrogens (tertiary/aromatic N) is 2. The molecule has 3 rings (SSSR count). The van der Waals surface area contributed by atoms with Gasteiger partial charge in [-0.15, -0.1) is 0 Å². The molecule has 5 heteroatoms. The van der Waals surface area contributed by atoms with Crippen molar-refractivity contribution in [2.45, 2.75) is 58.3 Å². The van der Waals surface area contributed by atoms with Crippen molar-refractivity contribution in [3.63, 3.8) is 0 Å². The maximum Gasteiger partial charge on any atom is 0.223 e. The van der Waals surface area contributed by atoms with Gasteiger partial charge in [0.25, 0.3) is 0 Å². The molecular weight excluding hydrogens is 288 g/mol. The highest BCUT2D eigenvalue weighted by atomic mass is 16.1. The van der Waals surface area contributed by atoms with Crippen molar-refractivity contribution in [3.05, 3.63) is 0 Å². The highest BCUT2D eigenvalue weighted by Gasteiger charge is 2.43. The normalized spacial score (nSPS) is 23.5. The molecule has 5 nitrogen and oxygen atoms in total. The van der Waals surface area contributed by atoms with Gasteiger partial charge in [0.1, 0.15) is 0 Å². The van der Waals surface area contributed by atoms with E-state index in [1.165, 1.54) is 38.6 Å². The van der Waals surface area contributed by atoms with Crippen LogP contribution in [0.15, 0.2) is 4.99 Å². The van der Waals surface area contributed by atoms with E-state index in [0.717, 1.165) is 51.4 Å². The van der Waals surface area contributed by atoms with Gasteiger partial charge >= 0.3 is 0 Å². The molecule has 2 aliphatic carbocycles. The van der Waals surface area contributed by atoms with E-state index in [1.54, 1.807) is 0 Å². The van der Waals surface area contributed by atoms with Crippen LogP contribution in [0.4, 0.5) is 0 Å². The van der Waals surface area contributed by atoms with Gasteiger partial charge in [0, 0.05) is 38.6 Å². The van der Waals surface area contributed by atoms with Crippen molar-refractivity contribution < 1.29 is 4.79 Å². The molecule has 0 unspecified atom stereocenters. The van der Waals surface area contributed by atoms with E-state index in [4.69, 9.17) is 4.99 Å². The summed E-state index contributed by atoms with van der Waals surface area (Å²) in [7, 11) is 0. The second-order valence-electron chi connectivity index (χ2n) is 7.53. The fourth-order valence-corrected chi connectivity index (χ4v) is 3.92. The standard InChI is InChI=1S/C18H32N4O/c1-2-19-17(22-13-10-18(14-22)8-4-9-18)21-12-5-11-20-16(23)15-6-3-7-15/h15H,2-14H2,1H3,(H,19,21)(H,20,23). The third-order valence-corrected chi connectivity index (χ3v) is 5.86. The minimum Gasteiger partial charge on any atom is -0.357 e. The number of hydrogen-bond acceptors (Lipinski definition) is 2. The van der Waals surface area contributed by atoms with Gasteiger partial charge in [-0.1, -0.05) is 12.8 Å². The lowest BCUT2D eigenvalue weighted by molar-refractivity contribution is -0.127. The Kier molecular flexibility index (Phi) is 5.44. The fourth-order valence-electron chi connectivity index (χ4n) is 3.92. The molecule has 1 saturated heterocycles. The van der Waals surface area contributed by atoms with E-state index in [-0.39, 0.29) is 5.91 Å². The largest absolute Gasteiger partial charge is 0.357 e. The lowest BCUT2D eigenvalue weighted by atomic mass is 9.68. The van der Waals surface area contributed by atoms with Crippen LogP contribution in [0.1, 0.15) is 58.3 Å². The molecule has 2 N–H and O–H groups in total. The molecule has 3 fully saturated rings. The summed E-state index contributed by atoms with van der Waals surface area (Å²) in [5.74, 6) is 1.61. The topological polar surface area (TPSA) is 56.7 Å². The first-order valence-corrected chi connectivity index (χ1v) is 9.53. The number of hydrogen-bond donors (Lipinski definition) is 2. The zero-order valence-electron chi connectivity index (χ0n) is 14.6. The van der Waals surface area contributed by atoms with E-state index in [0.29, 0.717) is 11.3 Å². The van der Waals surface area contributed by atoms with Crippen LogP contribution in [-0.2, 0) is 4.79 Å². The number of nitrogens with one attached hydrogen (secondary N) is 2. The molecule has 3 aliphatic rings. The molecule has 1 heterocycles. The van der Waals surface area contributed by atoms with Crippen LogP contribution in [0.25, 0.3) is 0 Å². The summed E-state index contributed by atoms with van der Waals surface area (Å²) < 4.78 is 0. The summed E-state index contributed by atoms with van der Waals surface area (Å²) in [5, 5.41) is 6.48. The molecule has 0 aromatic carbocycles. The van der Waals surface area contributed by atoms with Crippen LogP contribution in [0.2, 0.25) is 0 Å². The number of guanidine groups is 1. The lowest BCUT2D eigenvalue weighted by Gasteiger charge is -2.38. The van der Waals surface area contributed by atoms with Crippen molar-refractivity contribution in [2.24, 2.45) is 16.3 Å². The smallest absolute Gasteiger partial charge is 0.223 e. The summed E-state index contributed by atoms with van der Waals surface area (Å²) >= 11 is 0. The first-order chi connectivity index (χ1) is 11.2. The zero-order valence-corrected chi connectivity index (χ0v) is 14.6. The van der Waals surface area contributed by atoms with Crippen molar-refractivity contribution >= 4 is 11.9 Å². The second kappa shape index (κ2) is 7.54. The van der Waals surface area contributed by atoms with Crippen LogP contribution in [0.3, 0.4) is 0 Å². The molecule has 130 valence electrons. The number of likely N-dealkylation sites (tertiary alicyclic amines) is 1. The summed E-state index contributed by atoms with van der Waals surface area (Å²) in [5.41, 5.74) is 0.604. The minimum absolute atomic E-state index is 0.249. The predicted octanol–water partition coefficient (Wildman–Crippen LogP) is 2.13. The van der Waals surface area contributed by atoms with Crippen molar-refractivity contribution in [1.29, 1.82) is 0 Å². The van der Waals surface area contributed by atoms with Gasteiger partial charge < -0.3 is 15.5 Å². The van der Waals surface area contributed by atoms with Gasteiger partial charge in [-0.05, 0) is 50.9 Å². The Hall–Kier alpha value is -1.26. The molecule has 0 bridgehead atoms. The average molecular weight is 320 g/mol. The molecule has 23 heavy (non-hydrogen) atoms. The molecule has 1 aliphatic heterocycles. The number of rotatable bonds is 6. The van der Waals surface area contributed by atoms with Crippen LogP contribution < -0.4 is 10.6 Å². The Morgan fingerprint density at radius 2 is 2.04 bits per heavy atom. The predicted molar refractivity (Wildman–Crippen MR) is 93.4 cm³/mol. The number of carbonyl (C=O) groups excluding carboxylic acids is 1. The SMILES string of the molecule is CCNC(=NCCCNC(=O)C1CCC1)N1CCC2(CCC2)C1. The molecule has 0 aromatic heterocycles. The number of carbonyl (C=O) groups is 1. The Morgan fingerprint density at radius 1 is 1.22 bits per heavy atom. The van der Waals surface area contributed by atoms with Gasteiger partial charge in [-0.3, -0.25) is 9.79 Å². The third kappa shape index (κ3) is 3.99. The molecule has 2 saturated carbocycles. The lowest BCUT2D eigenvalue weighted by Crippen LogP contribution is -2.42. The first kappa shape index (κ1) is 16.6. The average Bonchev–Trinajstić information content (AvgIpc) is 2.89. The van der Waals surface area contributed by atoms with E-state index >= 15 is 0 Å². The Bertz CT molecular complexity index is 440. The van der Waals surface area contributed by atoms with E-state index in [9.17, 15) is 4.79 Å². The Labute approximate surface area is 140 Å². The van der Waals surface area contributed by atoms with Gasteiger partial charge in [-0.25, -0.2) is 0 Å². The van der Waals surface area contributed by atoms with Crippen LogP contribution in [0, 0.1) is 11.3 Å². The zero-order chi connectivity index (χ0) is 16.1. The summed E-state index contributed by atoms with van der Waals surface area (Å²) in [4.78, 5) is 19.0. The first-order valence-electron chi connectivity index (χ1n) is 9.53. The summed E-state index contributed by atoms with van der Waals surface area (Å²) in [6.45, 7) is 6.91.